The minimum Gasteiger partial charge on any atom is -0.372 e. The maximum Gasteiger partial charge on any atom is 0.433 e. The number of aromatic amines is 1. The molecule has 2 aromatic heterocycles. The van der Waals surface area contributed by atoms with E-state index in [2.05, 4.69) is 15.0 Å². The molecule has 0 radical (unpaired) electrons. The van der Waals surface area contributed by atoms with Gasteiger partial charge in [0.25, 0.3) is 0 Å². The number of piperazine rings is 1. The van der Waals surface area contributed by atoms with Gasteiger partial charge in [-0.25, -0.2) is 4.98 Å². The van der Waals surface area contributed by atoms with E-state index in [4.69, 9.17) is 0 Å². The number of thiazole rings is 1. The van der Waals surface area contributed by atoms with E-state index in [1.165, 1.54) is 11.3 Å². The highest BCUT2D eigenvalue weighted by atomic mass is 32.1. The Bertz CT molecular complexity index is 1140. The molecule has 4 heterocycles. The van der Waals surface area contributed by atoms with Gasteiger partial charge in [0.2, 0.25) is 5.91 Å². The largest absolute Gasteiger partial charge is 0.433 e. The van der Waals surface area contributed by atoms with Crippen molar-refractivity contribution < 1.29 is 23.1 Å². The van der Waals surface area contributed by atoms with Crippen LogP contribution < -0.4 is 4.90 Å². The molecule has 3 aromatic rings. The molecule has 0 bridgehead atoms. The molecule has 0 saturated carbocycles. The van der Waals surface area contributed by atoms with Crippen molar-refractivity contribution in [1.29, 1.82) is 0 Å². The number of nitrogens with zero attached hydrogens (tertiary/aromatic N) is 5. The monoisotopic (exact) mass is 492 g/mol. The zero-order valence-corrected chi connectivity index (χ0v) is 18.9. The predicted octanol–water partition coefficient (Wildman–Crippen LogP) is 2.97. The van der Waals surface area contributed by atoms with Gasteiger partial charge in [-0.2, -0.15) is 18.3 Å². The van der Waals surface area contributed by atoms with Gasteiger partial charge >= 0.3 is 6.18 Å². The van der Waals surface area contributed by atoms with Gasteiger partial charge in [-0.05, 0) is 17.7 Å². The lowest BCUT2D eigenvalue weighted by molar-refractivity contribution is -0.140. The Labute approximate surface area is 197 Å². The summed E-state index contributed by atoms with van der Waals surface area (Å²) < 4.78 is 39.8. The highest BCUT2D eigenvalue weighted by molar-refractivity contribution is 7.09. The number of carbonyl (C=O) groups excluding carboxylic acids is 1. The number of amides is 1. The molecule has 0 spiro atoms. The SMILES string of the molecule is O=C1CC(N2CCN(C(O)c3nccs3)CC2)CN1c1cccc(-c2cn[nH]c2C(F)(F)F)c1. The van der Waals surface area contributed by atoms with E-state index >= 15 is 0 Å². The molecule has 0 aliphatic carbocycles. The van der Waals surface area contributed by atoms with Gasteiger partial charge in [0.05, 0.1) is 6.20 Å². The maximum atomic E-state index is 13.3. The number of benzene rings is 1. The molecule has 2 unspecified atom stereocenters. The summed E-state index contributed by atoms with van der Waals surface area (Å²) in [6, 6.07) is 6.57. The Kier molecular flexibility index (Phi) is 6.15. The molecular weight excluding hydrogens is 469 g/mol. The number of anilines is 1. The third-order valence-corrected chi connectivity index (χ3v) is 7.20. The third kappa shape index (κ3) is 4.45. The summed E-state index contributed by atoms with van der Waals surface area (Å²) in [6.07, 6.45) is -2.11. The third-order valence-electron chi connectivity index (χ3n) is 6.38. The van der Waals surface area contributed by atoms with E-state index in [-0.39, 0.29) is 17.5 Å². The maximum absolute atomic E-state index is 13.3. The van der Waals surface area contributed by atoms with Crippen LogP contribution in [0.2, 0.25) is 0 Å². The molecule has 2 saturated heterocycles. The van der Waals surface area contributed by atoms with Crippen LogP contribution in [-0.4, -0.2) is 74.8 Å². The van der Waals surface area contributed by atoms with Gasteiger partial charge in [-0.15, -0.1) is 11.3 Å². The van der Waals surface area contributed by atoms with Crippen molar-refractivity contribution in [3.05, 3.63) is 52.7 Å². The smallest absolute Gasteiger partial charge is 0.372 e. The highest BCUT2D eigenvalue weighted by Gasteiger charge is 2.38. The lowest BCUT2D eigenvalue weighted by atomic mass is 10.1. The first kappa shape index (κ1) is 23.0. The molecular formula is C22H23F3N6O2S. The molecule has 2 aliphatic heterocycles. The highest BCUT2D eigenvalue weighted by Crippen LogP contribution is 2.37. The summed E-state index contributed by atoms with van der Waals surface area (Å²) in [6.45, 7) is 3.19. The molecule has 2 fully saturated rings. The summed E-state index contributed by atoms with van der Waals surface area (Å²) in [4.78, 5) is 22.8. The number of alkyl halides is 3. The Morgan fingerprint density at radius 2 is 2.00 bits per heavy atom. The fourth-order valence-electron chi connectivity index (χ4n) is 4.61. The molecule has 12 heteroatoms. The van der Waals surface area contributed by atoms with E-state index in [1.54, 1.807) is 35.4 Å². The quantitative estimate of drug-likeness (QED) is 0.570. The Morgan fingerprint density at radius 3 is 2.71 bits per heavy atom. The van der Waals surface area contributed by atoms with Gasteiger partial charge < -0.3 is 10.0 Å². The molecule has 1 aromatic carbocycles. The van der Waals surface area contributed by atoms with Crippen LogP contribution in [0.25, 0.3) is 11.1 Å². The number of H-pyrrole nitrogens is 1. The number of aliphatic hydroxyl groups excluding tert-OH is 1. The van der Waals surface area contributed by atoms with E-state index < -0.39 is 18.1 Å². The van der Waals surface area contributed by atoms with Crippen LogP contribution in [0.4, 0.5) is 18.9 Å². The number of carbonyl (C=O) groups is 1. The average molecular weight is 493 g/mol. The fourth-order valence-corrected chi connectivity index (χ4v) is 5.26. The number of rotatable bonds is 5. The van der Waals surface area contributed by atoms with Gasteiger partial charge in [0.15, 0.2) is 6.23 Å². The lowest BCUT2D eigenvalue weighted by Crippen LogP contribution is -2.51. The van der Waals surface area contributed by atoms with E-state index in [0.717, 1.165) is 6.20 Å². The van der Waals surface area contributed by atoms with Crippen LogP contribution in [0.15, 0.2) is 42.0 Å². The first-order chi connectivity index (χ1) is 16.3. The van der Waals surface area contributed by atoms with Crippen LogP contribution in [0, 0.1) is 0 Å². The van der Waals surface area contributed by atoms with Crippen molar-refractivity contribution in [2.75, 3.05) is 37.6 Å². The Hall–Kier alpha value is -2.80. The summed E-state index contributed by atoms with van der Waals surface area (Å²) in [5, 5.41) is 18.6. The lowest BCUT2D eigenvalue weighted by Gasteiger charge is -2.39. The van der Waals surface area contributed by atoms with E-state index in [0.29, 0.717) is 55.4 Å². The molecule has 1 amide bonds. The van der Waals surface area contributed by atoms with Crippen molar-refractivity contribution in [2.24, 2.45) is 0 Å². The van der Waals surface area contributed by atoms with Crippen LogP contribution in [0.5, 0.6) is 0 Å². The number of aliphatic hydroxyl groups is 1. The summed E-state index contributed by atoms with van der Waals surface area (Å²) in [5.74, 6) is -0.0596. The average Bonchev–Trinajstić information content (AvgIpc) is 3.59. The van der Waals surface area contributed by atoms with Gasteiger partial charge in [0, 0.05) is 68.0 Å². The fraction of sp³-hybridized carbons (Fsp3) is 0.409. The summed E-state index contributed by atoms with van der Waals surface area (Å²) in [7, 11) is 0. The topological polar surface area (TPSA) is 88.6 Å². The normalized spacial score (nSPS) is 21.4. The Morgan fingerprint density at radius 1 is 1.21 bits per heavy atom. The number of hydrogen-bond acceptors (Lipinski definition) is 7. The van der Waals surface area contributed by atoms with Crippen LogP contribution in [0.1, 0.15) is 23.4 Å². The number of hydrogen-bond donors (Lipinski definition) is 2. The molecule has 2 N–H and O–H groups in total. The van der Waals surface area contributed by atoms with Crippen molar-refractivity contribution in [2.45, 2.75) is 24.9 Å². The minimum atomic E-state index is -4.55. The number of halogens is 3. The van der Waals surface area contributed by atoms with Crippen LogP contribution >= 0.6 is 11.3 Å². The standard InChI is InChI=1S/C22H23F3N6O2S/c23-22(24,25)19-17(12-27-28-19)14-2-1-3-15(10-14)31-13-16(11-18(31)32)29-5-7-30(8-6-29)21(33)20-26-4-9-34-20/h1-4,9-10,12,16,21,33H,5-8,11,13H2,(H,27,28). The second-order valence-corrected chi connectivity index (χ2v) is 9.31. The van der Waals surface area contributed by atoms with E-state index in [1.807, 2.05) is 15.4 Å². The number of nitrogens with one attached hydrogen (secondary N) is 1. The van der Waals surface area contributed by atoms with Gasteiger partial charge in [-0.1, -0.05) is 12.1 Å². The predicted molar refractivity (Wildman–Crippen MR) is 120 cm³/mol. The van der Waals surface area contributed by atoms with Crippen molar-refractivity contribution in [3.8, 4) is 11.1 Å². The first-order valence-electron chi connectivity index (χ1n) is 10.9. The van der Waals surface area contributed by atoms with Crippen molar-refractivity contribution >= 4 is 22.9 Å². The van der Waals surface area contributed by atoms with Gasteiger partial charge in [-0.3, -0.25) is 19.7 Å². The second-order valence-electron chi connectivity index (χ2n) is 8.39. The molecule has 2 aliphatic rings. The summed E-state index contributed by atoms with van der Waals surface area (Å²) in [5.41, 5.74) is -0.0442. The van der Waals surface area contributed by atoms with E-state index in [9.17, 15) is 23.1 Å². The molecule has 5 rings (SSSR count). The second kappa shape index (κ2) is 9.10. The molecule has 180 valence electrons. The van der Waals surface area contributed by atoms with Crippen molar-refractivity contribution in [3.63, 3.8) is 0 Å². The minimum absolute atomic E-state index is 0.00923. The number of aromatic nitrogens is 3. The molecule has 2 atom stereocenters. The Balaban J connectivity index is 1.26. The summed E-state index contributed by atoms with van der Waals surface area (Å²) >= 11 is 1.42. The molecule has 8 nitrogen and oxygen atoms in total. The molecule has 34 heavy (non-hydrogen) atoms. The van der Waals surface area contributed by atoms with Gasteiger partial charge in [0.1, 0.15) is 10.7 Å². The van der Waals surface area contributed by atoms with Crippen molar-refractivity contribution in [1.82, 2.24) is 25.0 Å². The van der Waals surface area contributed by atoms with Crippen LogP contribution in [0.3, 0.4) is 0 Å². The first-order valence-corrected chi connectivity index (χ1v) is 11.8. The van der Waals surface area contributed by atoms with Crippen LogP contribution in [-0.2, 0) is 11.0 Å². The zero-order chi connectivity index (χ0) is 23.9. The zero-order valence-electron chi connectivity index (χ0n) is 18.1.